The smallest absolute Gasteiger partial charge is 0.115 e. The van der Waals surface area contributed by atoms with Gasteiger partial charge in [0.2, 0.25) is 0 Å². The highest BCUT2D eigenvalue weighted by Gasteiger charge is 2.22. The molecule has 0 aliphatic carbocycles. The summed E-state index contributed by atoms with van der Waals surface area (Å²) in [7, 11) is 0. The molecule has 1 atom stereocenters. The van der Waals surface area contributed by atoms with Crippen molar-refractivity contribution in [3.05, 3.63) is 89.5 Å². The van der Waals surface area contributed by atoms with E-state index < -0.39 is 0 Å². The Morgan fingerprint density at radius 2 is 1.85 bits per heavy atom. The second-order valence-electron chi connectivity index (χ2n) is 6.41. The second kappa shape index (κ2) is 8.65. The number of ether oxygens (including phenoxy) is 1. The van der Waals surface area contributed by atoms with Crippen LogP contribution in [0.3, 0.4) is 0 Å². The molecule has 1 aliphatic heterocycles. The number of aliphatic hydroxyl groups is 1. The summed E-state index contributed by atoms with van der Waals surface area (Å²) in [6.45, 7) is 4.46. The summed E-state index contributed by atoms with van der Waals surface area (Å²) >= 11 is 0. The molecular formula is C23H24O3. The zero-order chi connectivity index (χ0) is 18.4. The largest absolute Gasteiger partial charge is 0.508 e. The average molecular weight is 348 g/mol. The van der Waals surface area contributed by atoms with E-state index in [1.807, 2.05) is 36.4 Å². The highest BCUT2D eigenvalue weighted by Crippen LogP contribution is 2.30. The van der Waals surface area contributed by atoms with Gasteiger partial charge in [-0.2, -0.15) is 0 Å². The Kier molecular flexibility index (Phi) is 6.05. The molecule has 0 aromatic heterocycles. The quantitative estimate of drug-likeness (QED) is 0.720. The van der Waals surface area contributed by atoms with Crippen molar-refractivity contribution in [2.45, 2.75) is 18.9 Å². The van der Waals surface area contributed by atoms with Crippen LogP contribution >= 0.6 is 0 Å². The van der Waals surface area contributed by atoms with E-state index in [2.05, 4.69) is 24.8 Å². The second-order valence-corrected chi connectivity index (χ2v) is 6.41. The fourth-order valence-electron chi connectivity index (χ4n) is 3.19. The Morgan fingerprint density at radius 3 is 2.54 bits per heavy atom. The van der Waals surface area contributed by atoms with Crippen LogP contribution in [0.2, 0.25) is 0 Å². The van der Waals surface area contributed by atoms with Crippen LogP contribution < -0.4 is 0 Å². The standard InChI is InChI=1S/C23H24O3/c1-17(16-24)22-13-14-26-23(22)12-9-20(19-5-3-2-4-6-19)15-18-7-10-21(25)11-8-18/h2-8,10-11,13,15,23-25H,1,9,12,14,16H2/b20-15-. The van der Waals surface area contributed by atoms with Crippen molar-refractivity contribution in [2.24, 2.45) is 0 Å². The van der Waals surface area contributed by atoms with E-state index in [1.165, 1.54) is 11.1 Å². The van der Waals surface area contributed by atoms with Gasteiger partial charge in [-0.1, -0.05) is 61.2 Å². The molecule has 1 unspecified atom stereocenters. The van der Waals surface area contributed by atoms with E-state index in [-0.39, 0.29) is 18.5 Å². The van der Waals surface area contributed by atoms with Gasteiger partial charge in [-0.05, 0) is 52.8 Å². The molecule has 0 saturated carbocycles. The Bertz CT molecular complexity index is 801. The Balaban J connectivity index is 1.80. The predicted octanol–water partition coefficient (Wildman–Crippen LogP) is 4.59. The zero-order valence-corrected chi connectivity index (χ0v) is 14.8. The third-order valence-corrected chi connectivity index (χ3v) is 4.60. The molecule has 3 nitrogen and oxygen atoms in total. The van der Waals surface area contributed by atoms with Crippen LogP contribution in [-0.4, -0.2) is 29.5 Å². The van der Waals surface area contributed by atoms with Gasteiger partial charge in [0.05, 0.1) is 19.3 Å². The first-order valence-electron chi connectivity index (χ1n) is 8.83. The number of aromatic hydroxyl groups is 1. The van der Waals surface area contributed by atoms with Gasteiger partial charge in [-0.25, -0.2) is 0 Å². The minimum absolute atomic E-state index is 0.0263. The number of phenolic OH excluding ortho intramolecular Hbond substituents is 1. The van der Waals surface area contributed by atoms with Crippen LogP contribution in [0.5, 0.6) is 5.75 Å². The van der Waals surface area contributed by atoms with Crippen LogP contribution in [0.4, 0.5) is 0 Å². The molecule has 1 heterocycles. The lowest BCUT2D eigenvalue weighted by Gasteiger charge is -2.17. The first-order chi connectivity index (χ1) is 12.7. The van der Waals surface area contributed by atoms with Crippen LogP contribution in [0.1, 0.15) is 24.0 Å². The topological polar surface area (TPSA) is 49.7 Å². The number of rotatable bonds is 7. The number of hydrogen-bond donors (Lipinski definition) is 2. The van der Waals surface area contributed by atoms with E-state index in [4.69, 9.17) is 4.74 Å². The molecule has 2 N–H and O–H groups in total. The minimum atomic E-state index is -0.0411. The Labute approximate surface area is 154 Å². The first-order valence-corrected chi connectivity index (χ1v) is 8.83. The van der Waals surface area contributed by atoms with Crippen LogP contribution in [-0.2, 0) is 4.74 Å². The van der Waals surface area contributed by atoms with Gasteiger partial charge in [0.25, 0.3) is 0 Å². The molecule has 134 valence electrons. The fourth-order valence-corrected chi connectivity index (χ4v) is 3.19. The van der Waals surface area contributed by atoms with Crippen molar-refractivity contribution in [1.29, 1.82) is 0 Å². The van der Waals surface area contributed by atoms with Crippen molar-refractivity contribution in [1.82, 2.24) is 0 Å². The maximum absolute atomic E-state index is 9.49. The summed E-state index contributed by atoms with van der Waals surface area (Å²) in [6, 6.07) is 17.5. The molecule has 3 rings (SSSR count). The van der Waals surface area contributed by atoms with E-state index in [0.29, 0.717) is 6.61 Å². The fraction of sp³-hybridized carbons (Fsp3) is 0.217. The summed E-state index contributed by atoms with van der Waals surface area (Å²) in [5.41, 5.74) is 5.18. The number of phenols is 1. The van der Waals surface area contributed by atoms with Gasteiger partial charge in [-0.3, -0.25) is 0 Å². The van der Waals surface area contributed by atoms with E-state index in [9.17, 15) is 10.2 Å². The van der Waals surface area contributed by atoms with E-state index >= 15 is 0 Å². The van der Waals surface area contributed by atoms with Gasteiger partial charge in [0.15, 0.2) is 0 Å². The van der Waals surface area contributed by atoms with E-state index in [1.54, 1.807) is 12.1 Å². The Morgan fingerprint density at radius 1 is 1.12 bits per heavy atom. The molecule has 0 saturated heterocycles. The summed E-state index contributed by atoms with van der Waals surface area (Å²) in [4.78, 5) is 0. The van der Waals surface area contributed by atoms with Gasteiger partial charge in [0.1, 0.15) is 5.75 Å². The van der Waals surface area contributed by atoms with E-state index in [0.717, 1.165) is 29.6 Å². The van der Waals surface area contributed by atoms with Crippen molar-refractivity contribution >= 4 is 11.6 Å². The SMILES string of the molecule is C=C(CO)C1=CCOC1CC/C(=C/c1ccc(O)cc1)c1ccccc1. The van der Waals surface area contributed by atoms with Gasteiger partial charge < -0.3 is 14.9 Å². The molecule has 0 bridgehead atoms. The predicted molar refractivity (Wildman–Crippen MR) is 106 cm³/mol. The summed E-state index contributed by atoms with van der Waals surface area (Å²) < 4.78 is 5.82. The lowest BCUT2D eigenvalue weighted by molar-refractivity contribution is 0.117. The zero-order valence-electron chi connectivity index (χ0n) is 14.8. The number of benzene rings is 2. The third-order valence-electron chi connectivity index (χ3n) is 4.60. The summed E-state index contributed by atoms with van der Waals surface area (Å²) in [5.74, 6) is 0.264. The maximum atomic E-state index is 9.49. The van der Waals surface area contributed by atoms with Crippen LogP contribution in [0.15, 0.2) is 78.4 Å². The molecule has 3 heteroatoms. The van der Waals surface area contributed by atoms with Gasteiger partial charge >= 0.3 is 0 Å². The highest BCUT2D eigenvalue weighted by atomic mass is 16.5. The molecular weight excluding hydrogens is 324 g/mol. The lowest BCUT2D eigenvalue weighted by Crippen LogP contribution is -2.13. The van der Waals surface area contributed by atoms with Crippen molar-refractivity contribution < 1.29 is 14.9 Å². The first kappa shape index (κ1) is 18.2. The molecule has 2 aromatic carbocycles. The summed E-state index contributed by atoms with van der Waals surface area (Å²) in [5, 5.41) is 18.8. The molecule has 1 aliphatic rings. The highest BCUT2D eigenvalue weighted by molar-refractivity contribution is 5.81. The molecule has 0 amide bonds. The van der Waals surface area contributed by atoms with Crippen molar-refractivity contribution in [3.63, 3.8) is 0 Å². The number of hydrogen-bond acceptors (Lipinski definition) is 3. The maximum Gasteiger partial charge on any atom is 0.115 e. The average Bonchev–Trinajstić information content (AvgIpc) is 3.15. The molecule has 0 fully saturated rings. The Hall–Kier alpha value is -2.62. The number of allylic oxidation sites excluding steroid dienone is 1. The molecule has 26 heavy (non-hydrogen) atoms. The number of aliphatic hydroxyl groups excluding tert-OH is 1. The molecule has 2 aromatic rings. The van der Waals surface area contributed by atoms with Crippen molar-refractivity contribution in [2.75, 3.05) is 13.2 Å². The summed E-state index contributed by atoms with van der Waals surface area (Å²) in [6.07, 6.45) is 5.79. The molecule has 0 spiro atoms. The minimum Gasteiger partial charge on any atom is -0.508 e. The van der Waals surface area contributed by atoms with Gasteiger partial charge in [-0.15, -0.1) is 0 Å². The van der Waals surface area contributed by atoms with Crippen molar-refractivity contribution in [3.8, 4) is 5.75 Å². The molecule has 0 radical (unpaired) electrons. The normalized spacial score (nSPS) is 17.2. The lowest BCUT2D eigenvalue weighted by atomic mass is 9.93. The monoisotopic (exact) mass is 348 g/mol. The third kappa shape index (κ3) is 4.51. The van der Waals surface area contributed by atoms with Gasteiger partial charge in [0, 0.05) is 0 Å². The van der Waals surface area contributed by atoms with Crippen LogP contribution in [0, 0.1) is 0 Å². The van der Waals surface area contributed by atoms with Crippen LogP contribution in [0.25, 0.3) is 11.6 Å².